The molecule has 6 heteroatoms. The second kappa shape index (κ2) is 5.72. The molecule has 6 nitrogen and oxygen atoms in total. The average molecular weight is 248 g/mol. The molecule has 1 atom stereocenters. The van der Waals surface area contributed by atoms with Crippen molar-refractivity contribution in [1.82, 2.24) is 15.0 Å². The summed E-state index contributed by atoms with van der Waals surface area (Å²) in [5.41, 5.74) is 7.72. The molecule has 0 saturated heterocycles. The van der Waals surface area contributed by atoms with Crippen molar-refractivity contribution in [1.29, 1.82) is 0 Å². The molecule has 2 aromatic rings. The summed E-state index contributed by atoms with van der Waals surface area (Å²) in [5, 5.41) is 7.93. The summed E-state index contributed by atoms with van der Waals surface area (Å²) >= 11 is 0. The van der Waals surface area contributed by atoms with Gasteiger partial charge in [0.15, 0.2) is 6.29 Å². The Morgan fingerprint density at radius 1 is 1.17 bits per heavy atom. The highest BCUT2D eigenvalue weighted by atomic mass is 16.7. The van der Waals surface area contributed by atoms with E-state index in [-0.39, 0.29) is 0 Å². The molecule has 2 rings (SSSR count). The van der Waals surface area contributed by atoms with Gasteiger partial charge in [-0.1, -0.05) is 23.4 Å². The Kier molecular flexibility index (Phi) is 4.03. The number of para-hydroxylation sites is 1. The molecule has 0 spiro atoms. The maximum atomic E-state index is 6.09. The van der Waals surface area contributed by atoms with Crippen LogP contribution in [0.15, 0.2) is 36.5 Å². The highest BCUT2D eigenvalue weighted by Crippen LogP contribution is 2.18. The van der Waals surface area contributed by atoms with E-state index in [1.165, 1.54) is 0 Å². The third kappa shape index (κ3) is 2.40. The molecule has 0 saturated carbocycles. The zero-order valence-corrected chi connectivity index (χ0v) is 10.4. The van der Waals surface area contributed by atoms with E-state index in [1.54, 1.807) is 25.1 Å². The third-order valence-electron chi connectivity index (χ3n) is 2.68. The van der Waals surface area contributed by atoms with Gasteiger partial charge < -0.3 is 15.2 Å². The lowest BCUT2D eigenvalue weighted by Crippen LogP contribution is -2.31. The summed E-state index contributed by atoms with van der Waals surface area (Å²) in [4.78, 5) is 0. The molecule has 0 bridgehead atoms. The van der Waals surface area contributed by atoms with Crippen molar-refractivity contribution in [2.24, 2.45) is 5.73 Å². The Morgan fingerprint density at radius 2 is 1.83 bits per heavy atom. The Labute approximate surface area is 105 Å². The lowest BCUT2D eigenvalue weighted by molar-refractivity contribution is -0.118. The summed E-state index contributed by atoms with van der Waals surface area (Å²) < 4.78 is 12.0. The van der Waals surface area contributed by atoms with E-state index in [0.717, 1.165) is 11.4 Å². The Morgan fingerprint density at radius 3 is 2.44 bits per heavy atom. The van der Waals surface area contributed by atoms with Crippen LogP contribution < -0.4 is 5.73 Å². The lowest BCUT2D eigenvalue weighted by Gasteiger charge is -2.21. The molecule has 0 radical (unpaired) electrons. The first-order chi connectivity index (χ1) is 8.77. The van der Waals surface area contributed by atoms with Crippen molar-refractivity contribution in [2.75, 3.05) is 14.2 Å². The zero-order chi connectivity index (χ0) is 13.0. The second-order valence-corrected chi connectivity index (χ2v) is 3.77. The van der Waals surface area contributed by atoms with Crippen molar-refractivity contribution < 1.29 is 9.47 Å². The van der Waals surface area contributed by atoms with Gasteiger partial charge in [0, 0.05) is 14.2 Å². The Bertz CT molecular complexity index is 482. The number of rotatable bonds is 5. The summed E-state index contributed by atoms with van der Waals surface area (Å²) in [7, 11) is 3.09. The molecule has 1 heterocycles. The van der Waals surface area contributed by atoms with Crippen LogP contribution in [-0.2, 0) is 9.47 Å². The first-order valence-corrected chi connectivity index (χ1v) is 5.55. The van der Waals surface area contributed by atoms with Gasteiger partial charge in [-0.15, -0.1) is 5.10 Å². The fraction of sp³-hybridized carbons (Fsp3) is 0.333. The smallest absolute Gasteiger partial charge is 0.177 e. The number of nitrogens with zero attached hydrogens (tertiary/aromatic N) is 3. The van der Waals surface area contributed by atoms with Crippen LogP contribution in [0.5, 0.6) is 0 Å². The molecule has 0 aliphatic rings. The van der Waals surface area contributed by atoms with E-state index in [0.29, 0.717) is 0 Å². The van der Waals surface area contributed by atoms with Crippen molar-refractivity contribution in [3.05, 3.63) is 42.2 Å². The number of aromatic nitrogens is 3. The molecular formula is C12H16N4O2. The van der Waals surface area contributed by atoms with Crippen molar-refractivity contribution in [3.8, 4) is 5.69 Å². The van der Waals surface area contributed by atoms with E-state index in [1.807, 2.05) is 30.3 Å². The highest BCUT2D eigenvalue weighted by Gasteiger charge is 2.23. The third-order valence-corrected chi connectivity index (χ3v) is 2.68. The van der Waals surface area contributed by atoms with Crippen LogP contribution >= 0.6 is 0 Å². The molecule has 2 N–H and O–H groups in total. The molecule has 0 amide bonds. The lowest BCUT2D eigenvalue weighted by atomic mass is 10.2. The second-order valence-electron chi connectivity index (χ2n) is 3.77. The van der Waals surface area contributed by atoms with Gasteiger partial charge in [-0.05, 0) is 12.1 Å². The van der Waals surface area contributed by atoms with Gasteiger partial charge in [-0.2, -0.15) is 0 Å². The predicted octanol–water partition coefficient (Wildman–Crippen LogP) is 0.886. The summed E-state index contributed by atoms with van der Waals surface area (Å²) in [6, 6.07) is 9.19. The maximum absolute atomic E-state index is 6.09. The van der Waals surface area contributed by atoms with Gasteiger partial charge >= 0.3 is 0 Å². The molecule has 1 unspecified atom stereocenters. The minimum absolute atomic E-state index is 0.463. The van der Waals surface area contributed by atoms with E-state index >= 15 is 0 Å². The molecule has 0 fully saturated rings. The summed E-state index contributed by atoms with van der Waals surface area (Å²) in [5.74, 6) is 0. The van der Waals surface area contributed by atoms with Crippen molar-refractivity contribution >= 4 is 0 Å². The van der Waals surface area contributed by atoms with Crippen LogP contribution in [0.3, 0.4) is 0 Å². The number of benzene rings is 1. The van der Waals surface area contributed by atoms with Crippen LogP contribution in [0.25, 0.3) is 5.69 Å². The van der Waals surface area contributed by atoms with Crippen molar-refractivity contribution in [2.45, 2.75) is 12.3 Å². The number of hydrogen-bond acceptors (Lipinski definition) is 5. The van der Waals surface area contributed by atoms with Gasteiger partial charge in [0.25, 0.3) is 0 Å². The summed E-state index contributed by atoms with van der Waals surface area (Å²) in [6.45, 7) is 0. The van der Waals surface area contributed by atoms with Gasteiger partial charge in [0.2, 0.25) is 0 Å². The standard InChI is InChI=1S/C12H16N4O2/c1-17-12(18-2)11(13)10-8-14-15-16(10)9-6-4-3-5-7-9/h3-8,11-12H,13H2,1-2H3. The quantitative estimate of drug-likeness (QED) is 0.795. The maximum Gasteiger partial charge on any atom is 0.177 e. The van der Waals surface area contributed by atoms with Gasteiger partial charge in [-0.25, -0.2) is 4.68 Å². The van der Waals surface area contributed by atoms with Gasteiger partial charge in [0.1, 0.15) is 6.04 Å². The number of hydrogen-bond donors (Lipinski definition) is 1. The van der Waals surface area contributed by atoms with Crippen LogP contribution in [-0.4, -0.2) is 35.5 Å². The van der Waals surface area contributed by atoms with E-state index in [4.69, 9.17) is 15.2 Å². The monoisotopic (exact) mass is 248 g/mol. The molecule has 18 heavy (non-hydrogen) atoms. The Hall–Kier alpha value is -1.76. The van der Waals surface area contributed by atoms with Crippen LogP contribution in [0.2, 0.25) is 0 Å². The molecule has 1 aromatic carbocycles. The zero-order valence-electron chi connectivity index (χ0n) is 10.4. The minimum Gasteiger partial charge on any atom is -0.354 e. The normalized spacial score (nSPS) is 12.9. The summed E-state index contributed by atoms with van der Waals surface area (Å²) in [6.07, 6.45) is 1.08. The first-order valence-electron chi connectivity index (χ1n) is 5.55. The van der Waals surface area contributed by atoms with Gasteiger partial charge in [0.05, 0.1) is 17.6 Å². The molecular weight excluding hydrogens is 232 g/mol. The number of ether oxygens (including phenoxy) is 2. The molecule has 96 valence electrons. The van der Waals surface area contributed by atoms with E-state index in [9.17, 15) is 0 Å². The minimum atomic E-state index is -0.536. The highest BCUT2D eigenvalue weighted by molar-refractivity contribution is 5.32. The largest absolute Gasteiger partial charge is 0.354 e. The predicted molar refractivity (Wildman–Crippen MR) is 66.1 cm³/mol. The van der Waals surface area contributed by atoms with Crippen molar-refractivity contribution in [3.63, 3.8) is 0 Å². The Balaban J connectivity index is 2.33. The fourth-order valence-electron chi connectivity index (χ4n) is 1.77. The van der Waals surface area contributed by atoms with E-state index in [2.05, 4.69) is 10.3 Å². The van der Waals surface area contributed by atoms with Gasteiger partial charge in [-0.3, -0.25) is 0 Å². The van der Waals surface area contributed by atoms with Crippen LogP contribution in [0, 0.1) is 0 Å². The molecule has 1 aromatic heterocycles. The number of methoxy groups -OCH3 is 2. The fourth-order valence-corrected chi connectivity index (χ4v) is 1.77. The SMILES string of the molecule is COC(OC)C(N)c1cnnn1-c1ccccc1. The number of nitrogens with two attached hydrogens (primary N) is 1. The van der Waals surface area contributed by atoms with Crippen LogP contribution in [0.4, 0.5) is 0 Å². The average Bonchev–Trinajstić information content (AvgIpc) is 2.90. The topological polar surface area (TPSA) is 75.2 Å². The molecule has 0 aliphatic heterocycles. The van der Waals surface area contributed by atoms with E-state index < -0.39 is 12.3 Å². The van der Waals surface area contributed by atoms with Crippen LogP contribution in [0.1, 0.15) is 11.7 Å². The first kappa shape index (κ1) is 12.7. The molecule has 0 aliphatic carbocycles.